The van der Waals surface area contributed by atoms with Crippen molar-refractivity contribution in [3.05, 3.63) is 115 Å². The first kappa shape index (κ1) is 24.1. The molecule has 1 saturated heterocycles. The van der Waals surface area contributed by atoms with Crippen LogP contribution in [0.2, 0.25) is 0 Å². The fraction of sp³-hybridized carbons (Fsp3) is 0.167. The Kier molecular flexibility index (Phi) is 5.45. The first-order valence-electron chi connectivity index (χ1n) is 13.7. The molecule has 2 nitrogen and oxygen atoms in total. The fourth-order valence-electron chi connectivity index (χ4n) is 5.99. The van der Waals surface area contributed by atoms with E-state index in [1.807, 2.05) is 0 Å². The monoisotopic (exact) mass is 506 g/mol. The lowest BCUT2D eigenvalue weighted by Gasteiger charge is -2.32. The molecule has 1 fully saturated rings. The van der Waals surface area contributed by atoms with Crippen molar-refractivity contribution in [2.45, 2.75) is 38.9 Å². The molecule has 190 valence electrons. The molecule has 0 saturated carbocycles. The minimum absolute atomic E-state index is 0.382. The average Bonchev–Trinajstić information content (AvgIpc) is 3.18. The molecule has 6 aromatic rings. The van der Waals surface area contributed by atoms with Gasteiger partial charge in [0.1, 0.15) is 0 Å². The lowest BCUT2D eigenvalue weighted by Crippen LogP contribution is -2.41. The van der Waals surface area contributed by atoms with Crippen LogP contribution in [0, 0.1) is 0 Å². The van der Waals surface area contributed by atoms with Crippen LogP contribution in [0.5, 0.6) is 0 Å². The Labute approximate surface area is 230 Å². The second kappa shape index (κ2) is 8.81. The summed E-state index contributed by atoms with van der Waals surface area (Å²) in [6.07, 6.45) is 0. The van der Waals surface area contributed by atoms with E-state index in [4.69, 9.17) is 9.31 Å². The predicted octanol–water partition coefficient (Wildman–Crippen LogP) is 8.78. The largest absolute Gasteiger partial charge is 0.494 e. The van der Waals surface area contributed by atoms with Crippen LogP contribution >= 0.6 is 0 Å². The van der Waals surface area contributed by atoms with Crippen molar-refractivity contribution in [3.63, 3.8) is 0 Å². The molecule has 0 aliphatic carbocycles. The predicted molar refractivity (Wildman–Crippen MR) is 166 cm³/mol. The third kappa shape index (κ3) is 3.80. The van der Waals surface area contributed by atoms with Gasteiger partial charge in [-0.1, -0.05) is 115 Å². The van der Waals surface area contributed by atoms with Gasteiger partial charge in [0.25, 0.3) is 0 Å². The molecule has 1 heterocycles. The van der Waals surface area contributed by atoms with Crippen LogP contribution in [0.1, 0.15) is 27.7 Å². The molecule has 39 heavy (non-hydrogen) atoms. The van der Waals surface area contributed by atoms with Crippen molar-refractivity contribution in [2.75, 3.05) is 0 Å². The molecule has 1 aliphatic heterocycles. The van der Waals surface area contributed by atoms with E-state index in [1.54, 1.807) is 0 Å². The Morgan fingerprint density at radius 1 is 0.487 bits per heavy atom. The van der Waals surface area contributed by atoms with E-state index in [-0.39, 0.29) is 11.2 Å². The molecule has 0 radical (unpaired) electrons. The van der Waals surface area contributed by atoms with Crippen LogP contribution < -0.4 is 5.46 Å². The van der Waals surface area contributed by atoms with Crippen LogP contribution in [0.4, 0.5) is 0 Å². The molecule has 0 atom stereocenters. The highest BCUT2D eigenvalue weighted by Crippen LogP contribution is 2.45. The number of hydrogen-bond donors (Lipinski definition) is 0. The van der Waals surface area contributed by atoms with E-state index < -0.39 is 7.12 Å². The molecule has 0 unspecified atom stereocenters. The summed E-state index contributed by atoms with van der Waals surface area (Å²) in [4.78, 5) is 0. The van der Waals surface area contributed by atoms with Crippen molar-refractivity contribution in [1.82, 2.24) is 0 Å². The van der Waals surface area contributed by atoms with E-state index in [0.29, 0.717) is 0 Å². The molecule has 3 heteroatoms. The van der Waals surface area contributed by atoms with Gasteiger partial charge in [0.2, 0.25) is 0 Å². The SMILES string of the molecule is CC1(C)OB(c2cccc(-c3c4ccccc4c(-c4cccc5ccccc45)c4ccccc34)c2)OC1(C)C. The van der Waals surface area contributed by atoms with Gasteiger partial charge >= 0.3 is 7.12 Å². The van der Waals surface area contributed by atoms with E-state index in [9.17, 15) is 0 Å². The second-order valence-electron chi connectivity index (χ2n) is 11.6. The quantitative estimate of drug-likeness (QED) is 0.176. The lowest BCUT2D eigenvalue weighted by atomic mass is 9.77. The van der Waals surface area contributed by atoms with Gasteiger partial charge < -0.3 is 9.31 Å². The maximum atomic E-state index is 6.41. The number of hydrogen-bond acceptors (Lipinski definition) is 2. The molecule has 1 aliphatic rings. The highest BCUT2D eigenvalue weighted by molar-refractivity contribution is 6.62. The van der Waals surface area contributed by atoms with Gasteiger partial charge in [-0.25, -0.2) is 0 Å². The summed E-state index contributed by atoms with van der Waals surface area (Å²) < 4.78 is 12.8. The maximum Gasteiger partial charge on any atom is 0.494 e. The van der Waals surface area contributed by atoms with Crippen molar-refractivity contribution in [3.8, 4) is 22.3 Å². The summed E-state index contributed by atoms with van der Waals surface area (Å²) in [6.45, 7) is 8.40. The van der Waals surface area contributed by atoms with Gasteiger partial charge in [-0.15, -0.1) is 0 Å². The highest BCUT2D eigenvalue weighted by Gasteiger charge is 2.51. The van der Waals surface area contributed by atoms with Gasteiger partial charge in [0.05, 0.1) is 11.2 Å². The molecule has 0 amide bonds. The summed E-state index contributed by atoms with van der Waals surface area (Å²) in [5.74, 6) is 0. The van der Waals surface area contributed by atoms with Gasteiger partial charge in [0, 0.05) is 0 Å². The van der Waals surface area contributed by atoms with Crippen LogP contribution in [0.25, 0.3) is 54.6 Å². The number of rotatable bonds is 3. The molecular formula is C36H31BO2. The van der Waals surface area contributed by atoms with Crippen molar-refractivity contribution in [1.29, 1.82) is 0 Å². The minimum Gasteiger partial charge on any atom is -0.399 e. The molecule has 6 aromatic carbocycles. The zero-order valence-corrected chi connectivity index (χ0v) is 22.9. The van der Waals surface area contributed by atoms with E-state index in [0.717, 1.165) is 5.46 Å². The normalized spacial score (nSPS) is 16.4. The smallest absolute Gasteiger partial charge is 0.399 e. The van der Waals surface area contributed by atoms with Crippen LogP contribution in [-0.2, 0) is 9.31 Å². The van der Waals surface area contributed by atoms with Crippen molar-refractivity contribution >= 4 is 44.9 Å². The Bertz CT molecular complexity index is 1810. The number of fused-ring (bicyclic) bond motifs is 3. The molecule has 0 bridgehead atoms. The molecule has 0 spiro atoms. The van der Waals surface area contributed by atoms with Crippen LogP contribution in [-0.4, -0.2) is 18.3 Å². The fourth-order valence-corrected chi connectivity index (χ4v) is 5.99. The third-order valence-corrected chi connectivity index (χ3v) is 8.69. The van der Waals surface area contributed by atoms with E-state index in [2.05, 4.69) is 143 Å². The second-order valence-corrected chi connectivity index (χ2v) is 11.6. The van der Waals surface area contributed by atoms with Gasteiger partial charge in [-0.05, 0) is 87.7 Å². The molecule has 0 N–H and O–H groups in total. The van der Waals surface area contributed by atoms with Gasteiger partial charge in [-0.2, -0.15) is 0 Å². The summed E-state index contributed by atoms with van der Waals surface area (Å²) in [5.41, 5.74) is 5.22. The van der Waals surface area contributed by atoms with E-state index in [1.165, 1.54) is 54.6 Å². The summed E-state index contributed by atoms with van der Waals surface area (Å²) in [6, 6.07) is 41.6. The number of benzene rings is 6. The molecular weight excluding hydrogens is 475 g/mol. The van der Waals surface area contributed by atoms with Gasteiger partial charge in [-0.3, -0.25) is 0 Å². The standard InChI is InChI=1S/C36H31BO2/c1-35(2)36(3,4)39-37(38-35)26-16-11-15-25(23-26)33-29-18-7-9-20-31(29)34(32-21-10-8-19-30(32)33)28-22-12-14-24-13-5-6-17-27(24)28/h5-23H,1-4H3. The summed E-state index contributed by atoms with van der Waals surface area (Å²) in [5, 5.41) is 7.51. The minimum atomic E-state index is -0.401. The Morgan fingerprint density at radius 2 is 0.974 bits per heavy atom. The van der Waals surface area contributed by atoms with Crippen molar-refractivity contribution in [2.24, 2.45) is 0 Å². The Hall–Kier alpha value is -3.92. The molecule has 7 rings (SSSR count). The Morgan fingerprint density at radius 3 is 1.59 bits per heavy atom. The Balaban J connectivity index is 1.50. The summed E-state index contributed by atoms with van der Waals surface area (Å²) in [7, 11) is -0.401. The first-order valence-corrected chi connectivity index (χ1v) is 13.7. The highest BCUT2D eigenvalue weighted by atomic mass is 16.7. The van der Waals surface area contributed by atoms with E-state index >= 15 is 0 Å². The maximum absolute atomic E-state index is 6.41. The zero-order valence-electron chi connectivity index (χ0n) is 22.9. The van der Waals surface area contributed by atoms with Gasteiger partial charge in [0.15, 0.2) is 0 Å². The summed E-state index contributed by atoms with van der Waals surface area (Å²) >= 11 is 0. The molecule has 0 aromatic heterocycles. The van der Waals surface area contributed by atoms with Crippen LogP contribution in [0.15, 0.2) is 115 Å². The average molecular weight is 506 g/mol. The topological polar surface area (TPSA) is 18.5 Å². The lowest BCUT2D eigenvalue weighted by molar-refractivity contribution is 0.00578. The third-order valence-electron chi connectivity index (χ3n) is 8.69. The van der Waals surface area contributed by atoms with Crippen molar-refractivity contribution < 1.29 is 9.31 Å². The zero-order chi connectivity index (χ0) is 26.8. The van der Waals surface area contributed by atoms with Crippen LogP contribution in [0.3, 0.4) is 0 Å². The first-order chi connectivity index (χ1) is 18.8.